The van der Waals surface area contributed by atoms with E-state index in [2.05, 4.69) is 91.0 Å². The minimum absolute atomic E-state index is 0.0157. The van der Waals surface area contributed by atoms with Gasteiger partial charge in [-0.3, -0.25) is 4.79 Å². The van der Waals surface area contributed by atoms with Gasteiger partial charge >= 0.3 is 0 Å². The Labute approximate surface area is 243 Å². The Morgan fingerprint density at radius 1 is 0.476 bits per heavy atom. The van der Waals surface area contributed by atoms with Gasteiger partial charge in [-0.25, -0.2) is 0 Å². The van der Waals surface area contributed by atoms with Crippen LogP contribution in [0.25, 0.3) is 32.9 Å². The van der Waals surface area contributed by atoms with Gasteiger partial charge in [0.15, 0.2) is 0 Å². The summed E-state index contributed by atoms with van der Waals surface area (Å²) >= 11 is 0. The van der Waals surface area contributed by atoms with E-state index in [-0.39, 0.29) is 5.43 Å². The molecule has 0 atom stereocenters. The second-order valence-corrected chi connectivity index (χ2v) is 10.8. The van der Waals surface area contributed by atoms with Gasteiger partial charge in [-0.05, 0) is 39.3 Å². The van der Waals surface area contributed by atoms with Crippen molar-refractivity contribution in [3.05, 3.63) is 202 Å². The van der Waals surface area contributed by atoms with Crippen molar-refractivity contribution < 1.29 is 4.42 Å². The van der Waals surface area contributed by atoms with E-state index in [4.69, 9.17) is 4.42 Å². The molecule has 2 nitrogen and oxygen atoms in total. The molecule has 0 radical (unpaired) electrons. The second-order valence-electron chi connectivity index (χ2n) is 10.8. The zero-order chi connectivity index (χ0) is 28.1. The van der Waals surface area contributed by atoms with Crippen LogP contribution in [0.15, 0.2) is 167 Å². The molecule has 6 aromatic carbocycles. The Balaban J connectivity index is 1.67. The number of fused-ring (bicyclic) bond motifs is 4. The first-order chi connectivity index (χ1) is 20.8. The van der Waals surface area contributed by atoms with E-state index >= 15 is 0 Å². The van der Waals surface area contributed by atoms with Gasteiger partial charge in [0, 0.05) is 11.0 Å². The van der Waals surface area contributed by atoms with Crippen molar-refractivity contribution in [2.24, 2.45) is 0 Å². The molecule has 0 aliphatic heterocycles. The van der Waals surface area contributed by atoms with E-state index in [1.165, 1.54) is 0 Å². The zero-order valence-electron chi connectivity index (χ0n) is 22.8. The lowest BCUT2D eigenvalue weighted by molar-refractivity contribution is 0.500. The number of hydrogen-bond donors (Lipinski definition) is 0. The highest BCUT2D eigenvalue weighted by Gasteiger charge is 2.52. The van der Waals surface area contributed by atoms with Crippen molar-refractivity contribution in [2.75, 3.05) is 0 Å². The third-order valence-corrected chi connectivity index (χ3v) is 8.54. The Morgan fingerprint density at radius 2 is 1.00 bits per heavy atom. The lowest BCUT2D eigenvalue weighted by Crippen LogP contribution is -2.30. The van der Waals surface area contributed by atoms with Crippen molar-refractivity contribution >= 4 is 32.9 Å². The maximum atomic E-state index is 14.9. The molecular formula is C40H26O2. The van der Waals surface area contributed by atoms with E-state index in [1.807, 2.05) is 66.7 Å². The first-order valence-electron chi connectivity index (χ1n) is 14.2. The molecule has 7 aromatic rings. The fourth-order valence-electron chi connectivity index (χ4n) is 6.79. The quantitative estimate of drug-likeness (QED) is 0.209. The van der Waals surface area contributed by atoms with Crippen LogP contribution in [0.4, 0.5) is 0 Å². The molecular weight excluding hydrogens is 512 g/mol. The summed E-state index contributed by atoms with van der Waals surface area (Å²) in [6, 6.07) is 53.7. The van der Waals surface area contributed by atoms with E-state index in [1.54, 1.807) is 0 Å². The fraction of sp³-hybridized carbons (Fsp3) is 0.0250. The number of rotatable bonds is 4. The molecule has 1 heterocycles. The first kappa shape index (κ1) is 24.3. The Morgan fingerprint density at radius 3 is 1.62 bits per heavy atom. The molecule has 42 heavy (non-hydrogen) atoms. The van der Waals surface area contributed by atoms with Crippen LogP contribution >= 0.6 is 0 Å². The molecule has 0 fully saturated rings. The Hall–Kier alpha value is -5.47. The highest BCUT2D eigenvalue weighted by Crippen LogP contribution is 2.59. The van der Waals surface area contributed by atoms with Crippen LogP contribution in [-0.4, -0.2) is 0 Å². The highest BCUT2D eigenvalue weighted by atomic mass is 16.3. The molecule has 0 bridgehead atoms. The Kier molecular flexibility index (Phi) is 5.55. The minimum Gasteiger partial charge on any atom is -0.458 e. The molecule has 1 aliphatic carbocycles. The van der Waals surface area contributed by atoms with Crippen molar-refractivity contribution in [3.63, 3.8) is 0 Å². The molecule has 198 valence electrons. The number of hydrogen-bond acceptors (Lipinski definition) is 2. The van der Waals surface area contributed by atoms with E-state index in [9.17, 15) is 4.79 Å². The molecule has 0 saturated heterocycles. The summed E-state index contributed by atoms with van der Waals surface area (Å²) in [7, 11) is 0. The summed E-state index contributed by atoms with van der Waals surface area (Å²) in [5.41, 5.74) is 6.42. The highest BCUT2D eigenvalue weighted by molar-refractivity contribution is 6.12. The topological polar surface area (TPSA) is 30.2 Å². The summed E-state index contributed by atoms with van der Waals surface area (Å²) in [5, 5.41) is 2.56. The van der Waals surface area contributed by atoms with E-state index in [0.29, 0.717) is 22.3 Å². The maximum Gasteiger partial charge on any atom is 0.200 e. The first-order valence-corrected chi connectivity index (χ1v) is 14.2. The largest absolute Gasteiger partial charge is 0.458 e. The van der Waals surface area contributed by atoms with Crippen LogP contribution in [0.2, 0.25) is 0 Å². The van der Waals surface area contributed by atoms with Crippen molar-refractivity contribution in [2.45, 2.75) is 5.41 Å². The molecule has 0 saturated carbocycles. The van der Waals surface area contributed by atoms with Crippen LogP contribution in [0, 0.1) is 0 Å². The zero-order valence-corrected chi connectivity index (χ0v) is 22.8. The van der Waals surface area contributed by atoms with Crippen molar-refractivity contribution in [1.82, 2.24) is 0 Å². The molecule has 0 spiro atoms. The molecule has 0 amide bonds. The van der Waals surface area contributed by atoms with Crippen LogP contribution in [0.5, 0.6) is 0 Å². The summed E-state index contributed by atoms with van der Waals surface area (Å²) in [5.74, 6) is 0.659. The molecule has 1 aromatic heterocycles. The molecule has 8 rings (SSSR count). The van der Waals surface area contributed by atoms with E-state index in [0.717, 1.165) is 44.2 Å². The molecule has 2 heteroatoms. The van der Waals surface area contributed by atoms with Crippen molar-refractivity contribution in [3.8, 4) is 0 Å². The van der Waals surface area contributed by atoms with Gasteiger partial charge in [0.2, 0.25) is 5.43 Å². The lowest BCUT2D eigenvalue weighted by Gasteiger charge is -2.34. The molecule has 0 unspecified atom stereocenters. The second kappa shape index (κ2) is 9.57. The smallest absolute Gasteiger partial charge is 0.200 e. The van der Waals surface area contributed by atoms with Gasteiger partial charge in [-0.1, -0.05) is 152 Å². The van der Waals surface area contributed by atoms with Gasteiger partial charge in [-0.2, -0.15) is 0 Å². The van der Waals surface area contributed by atoms with Gasteiger partial charge in [0.25, 0.3) is 0 Å². The predicted molar refractivity (Wildman–Crippen MR) is 172 cm³/mol. The predicted octanol–water partition coefficient (Wildman–Crippen LogP) is 9.25. The number of allylic oxidation sites excluding steroid dienone is 1. The Bertz CT molecular complexity index is 2140. The monoisotopic (exact) mass is 538 g/mol. The summed E-state index contributed by atoms with van der Waals surface area (Å²) in [6.07, 6.45) is 0. The average Bonchev–Trinajstić information content (AvgIpc) is 3.38. The minimum atomic E-state index is -0.880. The van der Waals surface area contributed by atoms with Gasteiger partial charge in [-0.15, -0.1) is 0 Å². The van der Waals surface area contributed by atoms with Crippen LogP contribution in [0.1, 0.15) is 33.6 Å². The van der Waals surface area contributed by atoms with Crippen LogP contribution in [-0.2, 0) is 5.41 Å². The average molecular weight is 539 g/mol. The third-order valence-electron chi connectivity index (χ3n) is 8.54. The number of benzene rings is 6. The van der Waals surface area contributed by atoms with Crippen molar-refractivity contribution in [1.29, 1.82) is 0 Å². The van der Waals surface area contributed by atoms with E-state index < -0.39 is 5.41 Å². The van der Waals surface area contributed by atoms with Crippen LogP contribution in [0.3, 0.4) is 0 Å². The maximum absolute atomic E-state index is 14.9. The molecule has 1 aliphatic rings. The van der Waals surface area contributed by atoms with Crippen LogP contribution < -0.4 is 5.43 Å². The fourth-order valence-corrected chi connectivity index (χ4v) is 6.79. The SMILES string of the molecule is O=c1c2c(oc3c1ccc1ccccc13)C(c1ccccc1)(c1ccccc1)C(c1ccccc1)=C2c1ccccc1. The summed E-state index contributed by atoms with van der Waals surface area (Å²) in [4.78, 5) is 14.9. The molecule has 0 N–H and O–H groups in total. The summed E-state index contributed by atoms with van der Waals surface area (Å²) in [6.45, 7) is 0. The standard InChI is InChI=1S/C40H26O2/c41-37-33-26-25-27-15-13-14-24-32(27)38(33)42-39-35(37)34(28-16-5-1-6-17-28)36(29-18-7-2-8-19-29)40(39,30-20-9-3-10-21-30)31-22-11-4-12-23-31/h1-26H. The van der Waals surface area contributed by atoms with Gasteiger partial charge in [0.05, 0.1) is 10.9 Å². The van der Waals surface area contributed by atoms with Gasteiger partial charge in [0.1, 0.15) is 16.8 Å². The van der Waals surface area contributed by atoms with Gasteiger partial charge < -0.3 is 4.42 Å². The third kappa shape index (κ3) is 3.42. The summed E-state index contributed by atoms with van der Waals surface area (Å²) < 4.78 is 7.18. The lowest BCUT2D eigenvalue weighted by atomic mass is 9.67. The normalized spacial score (nSPS) is 13.9.